The molecule has 0 atom stereocenters. The zero-order valence-electron chi connectivity index (χ0n) is 17.2. The van der Waals surface area contributed by atoms with Gasteiger partial charge in [-0.1, -0.05) is 22.0 Å². The molecule has 0 aliphatic carbocycles. The molecule has 0 heterocycles. The first kappa shape index (κ1) is 23.6. The number of carbonyl (C=O) groups is 1. The molecular formula is C22H20BrFN2O5S. The highest BCUT2D eigenvalue weighted by molar-refractivity contribution is 9.10. The number of hydrogen-bond donors (Lipinski definition) is 1. The van der Waals surface area contributed by atoms with Gasteiger partial charge < -0.3 is 14.8 Å². The van der Waals surface area contributed by atoms with Crippen molar-refractivity contribution >= 4 is 43.2 Å². The number of methoxy groups -OCH3 is 2. The Labute approximate surface area is 193 Å². The molecule has 0 bridgehead atoms. The van der Waals surface area contributed by atoms with E-state index in [9.17, 15) is 17.6 Å². The van der Waals surface area contributed by atoms with Crippen LogP contribution < -0.4 is 19.1 Å². The molecule has 1 N–H and O–H groups in total. The summed E-state index contributed by atoms with van der Waals surface area (Å²) in [5.41, 5.74) is 0.623. The lowest BCUT2D eigenvalue weighted by Gasteiger charge is -2.24. The lowest BCUT2D eigenvalue weighted by Crippen LogP contribution is -2.38. The lowest BCUT2D eigenvalue weighted by molar-refractivity contribution is -0.114. The Morgan fingerprint density at radius 3 is 2.31 bits per heavy atom. The first-order valence-corrected chi connectivity index (χ1v) is 11.5. The second-order valence-electron chi connectivity index (χ2n) is 6.56. The largest absolute Gasteiger partial charge is 0.493 e. The van der Waals surface area contributed by atoms with Crippen molar-refractivity contribution in [2.75, 3.05) is 30.4 Å². The summed E-state index contributed by atoms with van der Waals surface area (Å²) in [4.78, 5) is 12.6. The number of amides is 1. The summed E-state index contributed by atoms with van der Waals surface area (Å²) >= 11 is 3.32. The fourth-order valence-electron chi connectivity index (χ4n) is 2.92. The van der Waals surface area contributed by atoms with Gasteiger partial charge >= 0.3 is 0 Å². The van der Waals surface area contributed by atoms with Crippen LogP contribution in [0, 0.1) is 5.82 Å². The van der Waals surface area contributed by atoms with Crippen LogP contribution in [0.5, 0.6) is 11.5 Å². The number of ether oxygens (including phenoxy) is 2. The van der Waals surface area contributed by atoms with Crippen LogP contribution in [0.15, 0.2) is 76.1 Å². The molecule has 0 spiro atoms. The van der Waals surface area contributed by atoms with Gasteiger partial charge in [-0.2, -0.15) is 0 Å². The maximum atomic E-state index is 13.5. The molecule has 0 aromatic heterocycles. The fraction of sp³-hybridized carbons (Fsp3) is 0.136. The molecule has 0 aliphatic heterocycles. The number of nitrogens with zero attached hydrogens (tertiary/aromatic N) is 1. The summed E-state index contributed by atoms with van der Waals surface area (Å²) in [5, 5.41) is 2.66. The van der Waals surface area contributed by atoms with Crippen molar-refractivity contribution in [3.63, 3.8) is 0 Å². The van der Waals surface area contributed by atoms with Gasteiger partial charge in [0.15, 0.2) is 11.5 Å². The normalized spacial score (nSPS) is 11.0. The van der Waals surface area contributed by atoms with Gasteiger partial charge in [0.25, 0.3) is 10.0 Å². The molecule has 0 aliphatic rings. The number of hydrogen-bond acceptors (Lipinski definition) is 5. The third-order valence-corrected chi connectivity index (χ3v) is 6.72. The number of sulfonamides is 1. The molecule has 168 valence electrons. The highest BCUT2D eigenvalue weighted by Gasteiger charge is 2.28. The van der Waals surface area contributed by atoms with E-state index in [1.165, 1.54) is 44.6 Å². The van der Waals surface area contributed by atoms with E-state index in [2.05, 4.69) is 21.2 Å². The van der Waals surface area contributed by atoms with Gasteiger partial charge in [0.1, 0.15) is 12.4 Å². The second kappa shape index (κ2) is 10.0. The molecule has 0 fully saturated rings. The zero-order chi connectivity index (χ0) is 23.3. The minimum Gasteiger partial charge on any atom is -0.493 e. The number of nitrogens with one attached hydrogen (secondary N) is 1. The van der Waals surface area contributed by atoms with Gasteiger partial charge in [-0.05, 0) is 54.6 Å². The van der Waals surface area contributed by atoms with Crippen molar-refractivity contribution in [1.82, 2.24) is 0 Å². The lowest BCUT2D eigenvalue weighted by atomic mass is 10.3. The SMILES string of the molecule is COc1ccc(S(=O)(=O)N(CC(=O)Nc2cccc(Br)c2)c2ccc(F)cc2)cc1OC. The average molecular weight is 523 g/mol. The molecule has 3 aromatic carbocycles. The van der Waals surface area contributed by atoms with Crippen molar-refractivity contribution in [2.45, 2.75) is 4.90 Å². The minimum atomic E-state index is -4.21. The minimum absolute atomic E-state index is 0.116. The van der Waals surface area contributed by atoms with E-state index in [-0.39, 0.29) is 16.3 Å². The average Bonchev–Trinajstić information content (AvgIpc) is 2.77. The Morgan fingerprint density at radius 1 is 1.00 bits per heavy atom. The van der Waals surface area contributed by atoms with Gasteiger partial charge in [-0.15, -0.1) is 0 Å². The number of carbonyl (C=O) groups excluding carboxylic acids is 1. The molecule has 3 aromatic rings. The number of anilines is 2. The van der Waals surface area contributed by atoms with Crippen molar-refractivity contribution in [3.05, 3.63) is 77.0 Å². The Morgan fingerprint density at radius 2 is 1.69 bits per heavy atom. The number of rotatable bonds is 8. The van der Waals surface area contributed by atoms with Crippen LogP contribution in [0.3, 0.4) is 0 Å². The Kier molecular flexibility index (Phi) is 7.37. The fourth-order valence-corrected chi connectivity index (χ4v) is 4.76. The van der Waals surface area contributed by atoms with Crippen LogP contribution in [-0.2, 0) is 14.8 Å². The van der Waals surface area contributed by atoms with E-state index in [4.69, 9.17) is 9.47 Å². The van der Waals surface area contributed by atoms with Crippen LogP contribution in [0.25, 0.3) is 0 Å². The van der Waals surface area contributed by atoms with Crippen LogP contribution >= 0.6 is 15.9 Å². The van der Waals surface area contributed by atoms with E-state index in [0.717, 1.165) is 20.9 Å². The molecule has 7 nitrogen and oxygen atoms in total. The topological polar surface area (TPSA) is 84.9 Å². The summed E-state index contributed by atoms with van der Waals surface area (Å²) in [5.74, 6) is -0.536. The third kappa shape index (κ3) is 5.38. The van der Waals surface area contributed by atoms with E-state index in [0.29, 0.717) is 11.4 Å². The molecule has 0 unspecified atom stereocenters. The van der Waals surface area contributed by atoms with Gasteiger partial charge in [0.2, 0.25) is 5.91 Å². The van der Waals surface area contributed by atoms with Crippen molar-refractivity contribution in [1.29, 1.82) is 0 Å². The van der Waals surface area contributed by atoms with E-state index in [1.807, 2.05) is 0 Å². The van der Waals surface area contributed by atoms with Crippen molar-refractivity contribution in [3.8, 4) is 11.5 Å². The van der Waals surface area contributed by atoms with Crippen LogP contribution in [0.2, 0.25) is 0 Å². The molecule has 3 rings (SSSR count). The quantitative estimate of drug-likeness (QED) is 0.472. The summed E-state index contributed by atoms with van der Waals surface area (Å²) in [6, 6.07) is 15.8. The van der Waals surface area contributed by atoms with E-state index in [1.54, 1.807) is 24.3 Å². The second-order valence-corrected chi connectivity index (χ2v) is 9.34. The first-order chi connectivity index (χ1) is 15.2. The van der Waals surface area contributed by atoms with E-state index < -0.39 is 28.3 Å². The molecule has 1 amide bonds. The maximum Gasteiger partial charge on any atom is 0.264 e. The Hall–Kier alpha value is -3.11. The predicted octanol–water partition coefficient (Wildman–Crippen LogP) is 4.44. The molecule has 0 saturated carbocycles. The highest BCUT2D eigenvalue weighted by atomic mass is 79.9. The summed E-state index contributed by atoms with van der Waals surface area (Å²) < 4.78 is 52.4. The number of benzene rings is 3. The van der Waals surface area contributed by atoms with E-state index >= 15 is 0 Å². The van der Waals surface area contributed by atoms with Crippen molar-refractivity contribution < 1.29 is 27.1 Å². The molecular weight excluding hydrogens is 503 g/mol. The van der Waals surface area contributed by atoms with Crippen LogP contribution in [0.1, 0.15) is 0 Å². The van der Waals surface area contributed by atoms with Gasteiger partial charge in [-0.3, -0.25) is 9.10 Å². The van der Waals surface area contributed by atoms with Crippen LogP contribution in [-0.4, -0.2) is 35.1 Å². The monoisotopic (exact) mass is 522 g/mol. The maximum absolute atomic E-state index is 13.5. The molecule has 32 heavy (non-hydrogen) atoms. The van der Waals surface area contributed by atoms with Gasteiger partial charge in [0.05, 0.1) is 24.8 Å². The van der Waals surface area contributed by atoms with Crippen molar-refractivity contribution in [2.24, 2.45) is 0 Å². The Balaban J connectivity index is 1.98. The molecule has 0 radical (unpaired) electrons. The Bertz CT molecular complexity index is 1220. The standard InChI is InChI=1S/C22H20BrFN2O5S/c1-30-20-11-10-19(13-21(20)31-2)32(28,29)26(18-8-6-16(24)7-9-18)14-22(27)25-17-5-3-4-15(23)12-17/h3-13H,14H2,1-2H3,(H,25,27). The zero-order valence-corrected chi connectivity index (χ0v) is 19.6. The summed E-state index contributed by atoms with van der Waals surface area (Å²) in [7, 11) is -1.39. The molecule has 10 heteroatoms. The third-order valence-electron chi connectivity index (χ3n) is 4.45. The highest BCUT2D eigenvalue weighted by Crippen LogP contribution is 2.32. The smallest absolute Gasteiger partial charge is 0.264 e. The predicted molar refractivity (Wildman–Crippen MR) is 123 cm³/mol. The van der Waals surface area contributed by atoms with Crippen LogP contribution in [0.4, 0.5) is 15.8 Å². The number of halogens is 2. The summed E-state index contributed by atoms with van der Waals surface area (Å²) in [6.07, 6.45) is 0. The van der Waals surface area contributed by atoms with Gasteiger partial charge in [0, 0.05) is 16.2 Å². The first-order valence-electron chi connectivity index (χ1n) is 9.30. The molecule has 0 saturated heterocycles. The summed E-state index contributed by atoms with van der Waals surface area (Å²) in [6.45, 7) is -0.533. The van der Waals surface area contributed by atoms with Gasteiger partial charge in [-0.25, -0.2) is 12.8 Å².